The van der Waals surface area contributed by atoms with Crippen molar-refractivity contribution in [1.82, 2.24) is 5.32 Å². The molecular weight excluding hydrogens is 288 g/mol. The zero-order valence-electron chi connectivity index (χ0n) is 12.5. The molecule has 1 aromatic carbocycles. The molecule has 0 saturated carbocycles. The molecule has 0 bridgehead atoms. The first kappa shape index (κ1) is 15.8. The molecule has 0 aromatic heterocycles. The van der Waals surface area contributed by atoms with Crippen LogP contribution in [-0.2, 0) is 27.5 Å². The number of rotatable bonds is 5. The second-order valence-corrected chi connectivity index (χ2v) is 7.86. The van der Waals surface area contributed by atoms with Gasteiger partial charge in [-0.2, -0.15) is 0 Å². The van der Waals surface area contributed by atoms with Crippen molar-refractivity contribution in [3.8, 4) is 0 Å². The summed E-state index contributed by atoms with van der Waals surface area (Å²) < 4.78 is 22.7. The molecule has 1 atom stereocenters. The SMILES string of the molecule is CC(C(=O)NCCc1cccc2c1NCCC2)S(C)(=O)=O. The summed E-state index contributed by atoms with van der Waals surface area (Å²) in [4.78, 5) is 11.8. The van der Waals surface area contributed by atoms with Crippen LogP contribution in [0.25, 0.3) is 0 Å². The van der Waals surface area contributed by atoms with Crippen molar-refractivity contribution in [1.29, 1.82) is 0 Å². The molecule has 0 aliphatic carbocycles. The fourth-order valence-electron chi connectivity index (χ4n) is 2.45. The van der Waals surface area contributed by atoms with E-state index in [-0.39, 0.29) is 0 Å². The third-order valence-electron chi connectivity index (χ3n) is 3.87. The zero-order chi connectivity index (χ0) is 15.5. The minimum atomic E-state index is -3.34. The molecule has 1 aliphatic heterocycles. The highest BCUT2D eigenvalue weighted by atomic mass is 32.2. The molecule has 21 heavy (non-hydrogen) atoms. The van der Waals surface area contributed by atoms with E-state index in [1.165, 1.54) is 23.7 Å². The van der Waals surface area contributed by atoms with Gasteiger partial charge in [-0.25, -0.2) is 8.42 Å². The average molecular weight is 310 g/mol. The normalized spacial score (nSPS) is 15.7. The summed E-state index contributed by atoms with van der Waals surface area (Å²) in [5.74, 6) is -0.435. The van der Waals surface area contributed by atoms with Gasteiger partial charge in [0.15, 0.2) is 9.84 Å². The molecule has 0 fully saturated rings. The third kappa shape index (κ3) is 3.97. The van der Waals surface area contributed by atoms with Gasteiger partial charge in [-0.3, -0.25) is 4.79 Å². The van der Waals surface area contributed by atoms with E-state index in [0.717, 1.165) is 25.6 Å². The fourth-order valence-corrected chi connectivity index (χ4v) is 2.92. The maximum absolute atomic E-state index is 11.8. The van der Waals surface area contributed by atoms with Gasteiger partial charge in [0.2, 0.25) is 5.91 Å². The molecule has 0 spiro atoms. The molecule has 1 aliphatic rings. The number of fused-ring (bicyclic) bond motifs is 1. The minimum absolute atomic E-state index is 0.435. The van der Waals surface area contributed by atoms with E-state index in [2.05, 4.69) is 16.7 Å². The molecule has 2 N–H and O–H groups in total. The summed E-state index contributed by atoms with van der Waals surface area (Å²) in [7, 11) is -3.34. The highest BCUT2D eigenvalue weighted by molar-refractivity contribution is 7.92. The summed E-state index contributed by atoms with van der Waals surface area (Å²) >= 11 is 0. The van der Waals surface area contributed by atoms with Gasteiger partial charge >= 0.3 is 0 Å². The van der Waals surface area contributed by atoms with Crippen molar-refractivity contribution < 1.29 is 13.2 Å². The lowest BCUT2D eigenvalue weighted by molar-refractivity contribution is -0.120. The molecule has 5 nitrogen and oxygen atoms in total. The highest BCUT2D eigenvalue weighted by Gasteiger charge is 2.23. The number of benzene rings is 1. The Bertz CT molecular complexity index is 626. The molecule has 0 radical (unpaired) electrons. The molecule has 2 rings (SSSR count). The summed E-state index contributed by atoms with van der Waals surface area (Å²) in [6.45, 7) is 2.83. The Morgan fingerprint density at radius 2 is 2.19 bits per heavy atom. The number of nitrogens with one attached hydrogen (secondary N) is 2. The monoisotopic (exact) mass is 310 g/mol. The summed E-state index contributed by atoms with van der Waals surface area (Å²) in [5.41, 5.74) is 3.66. The predicted octanol–water partition coefficient (Wildman–Crippen LogP) is 1.14. The largest absolute Gasteiger partial charge is 0.385 e. The highest BCUT2D eigenvalue weighted by Crippen LogP contribution is 2.26. The molecule has 6 heteroatoms. The van der Waals surface area contributed by atoms with E-state index in [1.54, 1.807) is 0 Å². The lowest BCUT2D eigenvalue weighted by Crippen LogP contribution is -2.38. The summed E-state index contributed by atoms with van der Waals surface area (Å²) in [5, 5.41) is 5.11. The standard InChI is InChI=1S/C15H22N2O3S/c1-11(21(2,19)20)15(18)17-10-8-13-6-3-5-12-7-4-9-16-14(12)13/h3,5-6,11,16H,4,7-10H2,1-2H3,(H,17,18). The van der Waals surface area contributed by atoms with Crippen LogP contribution in [-0.4, -0.2) is 38.9 Å². The van der Waals surface area contributed by atoms with Crippen LogP contribution in [0.2, 0.25) is 0 Å². The van der Waals surface area contributed by atoms with Crippen LogP contribution in [0.3, 0.4) is 0 Å². The summed E-state index contributed by atoms with van der Waals surface area (Å²) in [6.07, 6.45) is 3.99. The van der Waals surface area contributed by atoms with Crippen molar-refractivity contribution in [3.05, 3.63) is 29.3 Å². The van der Waals surface area contributed by atoms with Crippen LogP contribution < -0.4 is 10.6 Å². The van der Waals surface area contributed by atoms with E-state index in [1.807, 2.05) is 12.1 Å². The van der Waals surface area contributed by atoms with Crippen LogP contribution in [0.15, 0.2) is 18.2 Å². The molecule has 1 unspecified atom stereocenters. The maximum atomic E-state index is 11.8. The lowest BCUT2D eigenvalue weighted by Gasteiger charge is -2.21. The van der Waals surface area contributed by atoms with Gasteiger partial charge in [0.05, 0.1) is 0 Å². The Labute approximate surface area is 126 Å². The number of para-hydroxylation sites is 1. The van der Waals surface area contributed by atoms with E-state index >= 15 is 0 Å². The first-order valence-electron chi connectivity index (χ1n) is 7.21. The minimum Gasteiger partial charge on any atom is -0.385 e. The average Bonchev–Trinajstić information content (AvgIpc) is 2.45. The molecule has 1 amide bonds. The number of aryl methyl sites for hydroxylation is 1. The van der Waals surface area contributed by atoms with Gasteiger partial charge in [-0.05, 0) is 37.3 Å². The summed E-state index contributed by atoms with van der Waals surface area (Å²) in [6, 6.07) is 6.20. The number of anilines is 1. The van der Waals surface area contributed by atoms with E-state index < -0.39 is 21.0 Å². The second kappa shape index (κ2) is 6.47. The van der Waals surface area contributed by atoms with E-state index in [4.69, 9.17) is 0 Å². The first-order valence-corrected chi connectivity index (χ1v) is 9.16. The van der Waals surface area contributed by atoms with E-state index in [0.29, 0.717) is 13.0 Å². The van der Waals surface area contributed by atoms with Crippen molar-refractivity contribution in [2.24, 2.45) is 0 Å². The molecule has 1 heterocycles. The number of carbonyl (C=O) groups is 1. The van der Waals surface area contributed by atoms with Crippen molar-refractivity contribution in [2.75, 3.05) is 24.7 Å². The van der Waals surface area contributed by atoms with Crippen LogP contribution >= 0.6 is 0 Å². The topological polar surface area (TPSA) is 75.3 Å². The van der Waals surface area contributed by atoms with Crippen molar-refractivity contribution in [3.63, 3.8) is 0 Å². The van der Waals surface area contributed by atoms with Crippen LogP contribution in [0.5, 0.6) is 0 Å². The molecular formula is C15H22N2O3S. The van der Waals surface area contributed by atoms with Gasteiger partial charge < -0.3 is 10.6 Å². The first-order chi connectivity index (χ1) is 9.89. The fraction of sp³-hybridized carbons (Fsp3) is 0.533. The Morgan fingerprint density at radius 1 is 1.43 bits per heavy atom. The molecule has 1 aromatic rings. The van der Waals surface area contributed by atoms with Gasteiger partial charge in [0.25, 0.3) is 0 Å². The Kier molecular flexibility index (Phi) is 4.88. The Balaban J connectivity index is 1.94. The number of sulfone groups is 1. The van der Waals surface area contributed by atoms with Gasteiger partial charge in [0, 0.05) is 25.0 Å². The van der Waals surface area contributed by atoms with Gasteiger partial charge in [-0.15, -0.1) is 0 Å². The van der Waals surface area contributed by atoms with Crippen molar-refractivity contribution >= 4 is 21.4 Å². The number of amides is 1. The van der Waals surface area contributed by atoms with Crippen LogP contribution in [0.1, 0.15) is 24.5 Å². The number of carbonyl (C=O) groups excluding carboxylic acids is 1. The Morgan fingerprint density at radius 3 is 2.90 bits per heavy atom. The lowest BCUT2D eigenvalue weighted by atomic mass is 9.98. The zero-order valence-corrected chi connectivity index (χ0v) is 13.3. The van der Waals surface area contributed by atoms with Crippen LogP contribution in [0.4, 0.5) is 5.69 Å². The van der Waals surface area contributed by atoms with Crippen molar-refractivity contribution in [2.45, 2.75) is 31.4 Å². The quantitative estimate of drug-likeness (QED) is 0.855. The third-order valence-corrected chi connectivity index (χ3v) is 5.37. The van der Waals surface area contributed by atoms with E-state index in [9.17, 15) is 13.2 Å². The smallest absolute Gasteiger partial charge is 0.238 e. The van der Waals surface area contributed by atoms with Gasteiger partial charge in [0.1, 0.15) is 5.25 Å². The predicted molar refractivity (Wildman–Crippen MR) is 84.3 cm³/mol. The number of hydrogen-bond donors (Lipinski definition) is 2. The van der Waals surface area contributed by atoms with Gasteiger partial charge in [-0.1, -0.05) is 18.2 Å². The maximum Gasteiger partial charge on any atom is 0.238 e. The molecule has 0 saturated heterocycles. The second-order valence-electron chi connectivity index (χ2n) is 5.49. The van der Waals surface area contributed by atoms with Crippen LogP contribution in [0, 0.1) is 0 Å². The molecule has 116 valence electrons. The number of hydrogen-bond acceptors (Lipinski definition) is 4. The Hall–Kier alpha value is -1.56.